The molecule has 0 radical (unpaired) electrons. The molecule has 0 saturated carbocycles. The van der Waals surface area contributed by atoms with E-state index in [0.29, 0.717) is 0 Å². The number of ether oxygens (including phenoxy) is 2. The van der Waals surface area contributed by atoms with Gasteiger partial charge in [-0.15, -0.1) is 0 Å². The summed E-state index contributed by atoms with van der Waals surface area (Å²) in [5, 5.41) is 27.3. The van der Waals surface area contributed by atoms with Gasteiger partial charge in [-0.2, -0.15) is 0 Å². The summed E-state index contributed by atoms with van der Waals surface area (Å²) in [4.78, 5) is 22.2. The van der Waals surface area contributed by atoms with E-state index in [-0.39, 0.29) is 19.4 Å². The zero-order valence-corrected chi connectivity index (χ0v) is 11.5. The first-order valence-electron chi connectivity index (χ1n) is 6.37. The van der Waals surface area contributed by atoms with Crippen molar-refractivity contribution in [2.45, 2.75) is 56.6 Å². The average Bonchev–Trinajstić information content (AvgIpc) is 2.64. The minimum absolute atomic E-state index is 0.00278. The third-order valence-electron chi connectivity index (χ3n) is 3.27. The van der Waals surface area contributed by atoms with Crippen LogP contribution in [0.4, 0.5) is 0 Å². The highest BCUT2D eigenvalue weighted by Crippen LogP contribution is 2.36. The number of aliphatic hydroxyl groups excluding tert-OH is 1. The van der Waals surface area contributed by atoms with Crippen LogP contribution in [0.1, 0.15) is 26.7 Å². The fourth-order valence-electron chi connectivity index (χ4n) is 2.23. The number of aliphatic hydroxyl groups is 1. The van der Waals surface area contributed by atoms with Gasteiger partial charge in [0.2, 0.25) is 0 Å². The maximum Gasteiger partial charge on any atom is 0.336 e. The van der Waals surface area contributed by atoms with Gasteiger partial charge in [0.25, 0.3) is 0 Å². The van der Waals surface area contributed by atoms with Gasteiger partial charge in [-0.3, -0.25) is 4.79 Å². The van der Waals surface area contributed by atoms with E-state index >= 15 is 0 Å². The lowest BCUT2D eigenvalue weighted by atomic mass is 9.91. The molecule has 5 atom stereocenters. The molecule has 0 spiro atoms. The summed E-state index contributed by atoms with van der Waals surface area (Å²) in [6.07, 6.45) is -2.07. The maximum atomic E-state index is 11.4. The predicted octanol–water partition coefficient (Wildman–Crippen LogP) is -0.813. The Balaban J connectivity index is 2.78. The number of nitrogens with two attached hydrogens (primary N) is 1. The molecule has 0 aromatic carbocycles. The van der Waals surface area contributed by atoms with Crippen LogP contribution >= 0.6 is 0 Å². The van der Waals surface area contributed by atoms with Crippen molar-refractivity contribution in [3.63, 3.8) is 0 Å². The second-order valence-electron chi connectivity index (χ2n) is 5.20. The molecule has 20 heavy (non-hydrogen) atoms. The Morgan fingerprint density at radius 2 is 2.10 bits per heavy atom. The van der Waals surface area contributed by atoms with E-state index in [2.05, 4.69) is 0 Å². The van der Waals surface area contributed by atoms with E-state index in [1.165, 1.54) is 0 Å². The molecule has 0 amide bonds. The Morgan fingerprint density at radius 3 is 2.55 bits per heavy atom. The molecular formula is C12H21NO7. The van der Waals surface area contributed by atoms with Crippen molar-refractivity contribution in [2.75, 3.05) is 6.61 Å². The molecule has 8 heteroatoms. The van der Waals surface area contributed by atoms with Gasteiger partial charge in [0.1, 0.15) is 6.04 Å². The fourth-order valence-corrected chi connectivity index (χ4v) is 2.23. The van der Waals surface area contributed by atoms with Crippen LogP contribution in [0.2, 0.25) is 0 Å². The number of carboxylic acids is 2. The Hall–Kier alpha value is -1.22. The smallest absolute Gasteiger partial charge is 0.336 e. The summed E-state index contributed by atoms with van der Waals surface area (Å²) in [7, 11) is 0. The number of rotatable bonds is 7. The van der Waals surface area contributed by atoms with Crippen molar-refractivity contribution in [1.82, 2.24) is 0 Å². The van der Waals surface area contributed by atoms with E-state index in [9.17, 15) is 19.8 Å². The fraction of sp³-hybridized carbons (Fsp3) is 0.833. The van der Waals surface area contributed by atoms with E-state index in [0.717, 1.165) is 0 Å². The standard InChI is InChI=1S/C12H21NO7/c1-6(14)5-19-9-4-12(11(17)18,20-7(9)2)3-8(13)10(15)16/h6-9,14H,3-5,13H2,1-2H3,(H,15,16)(H,17,18)/t6-,7?,8-,9?,12+/m0/s1. The summed E-state index contributed by atoms with van der Waals surface area (Å²) >= 11 is 0. The molecule has 8 nitrogen and oxygen atoms in total. The molecule has 1 aliphatic heterocycles. The van der Waals surface area contributed by atoms with E-state index in [1.807, 2.05) is 0 Å². The Kier molecular flexibility index (Phi) is 5.46. The van der Waals surface area contributed by atoms with Crippen LogP contribution < -0.4 is 5.73 Å². The molecule has 1 saturated heterocycles. The van der Waals surface area contributed by atoms with Crippen molar-refractivity contribution in [2.24, 2.45) is 5.73 Å². The van der Waals surface area contributed by atoms with Crippen molar-refractivity contribution in [3.05, 3.63) is 0 Å². The molecule has 1 fully saturated rings. The topological polar surface area (TPSA) is 139 Å². The van der Waals surface area contributed by atoms with Gasteiger partial charge in [-0.1, -0.05) is 0 Å². The van der Waals surface area contributed by atoms with Gasteiger partial charge < -0.3 is 30.5 Å². The van der Waals surface area contributed by atoms with E-state index in [1.54, 1.807) is 13.8 Å². The van der Waals surface area contributed by atoms with Crippen molar-refractivity contribution in [1.29, 1.82) is 0 Å². The third kappa shape index (κ3) is 3.89. The second kappa shape index (κ2) is 6.49. The minimum Gasteiger partial charge on any atom is -0.480 e. The third-order valence-corrected chi connectivity index (χ3v) is 3.27. The Labute approximate surface area is 116 Å². The predicted molar refractivity (Wildman–Crippen MR) is 67.2 cm³/mol. The van der Waals surface area contributed by atoms with Crippen LogP contribution in [0.5, 0.6) is 0 Å². The van der Waals surface area contributed by atoms with Gasteiger partial charge in [0.05, 0.1) is 24.9 Å². The lowest BCUT2D eigenvalue weighted by Gasteiger charge is -2.25. The SMILES string of the molecule is CC1O[C@@](C[C@H](N)C(=O)O)(C(=O)O)CC1OC[C@H](C)O. The molecule has 0 bridgehead atoms. The highest BCUT2D eigenvalue weighted by molar-refractivity contribution is 5.80. The first kappa shape index (κ1) is 16.8. The van der Waals surface area contributed by atoms with Crippen LogP contribution in [0.3, 0.4) is 0 Å². The number of carbonyl (C=O) groups is 2. The van der Waals surface area contributed by atoms with Gasteiger partial charge in [0, 0.05) is 12.8 Å². The first-order chi connectivity index (χ1) is 9.18. The average molecular weight is 291 g/mol. The van der Waals surface area contributed by atoms with Gasteiger partial charge in [-0.25, -0.2) is 4.79 Å². The van der Waals surface area contributed by atoms with Crippen molar-refractivity contribution < 1.29 is 34.4 Å². The maximum absolute atomic E-state index is 11.4. The lowest BCUT2D eigenvalue weighted by Crippen LogP contribution is -2.46. The number of hydrogen-bond donors (Lipinski definition) is 4. The van der Waals surface area contributed by atoms with Crippen LogP contribution in [0.25, 0.3) is 0 Å². The minimum atomic E-state index is -1.67. The lowest BCUT2D eigenvalue weighted by molar-refractivity contribution is -0.166. The molecule has 0 aromatic heterocycles. The van der Waals surface area contributed by atoms with Gasteiger partial charge in [0.15, 0.2) is 5.60 Å². The largest absolute Gasteiger partial charge is 0.480 e. The zero-order chi connectivity index (χ0) is 15.5. The van der Waals surface area contributed by atoms with E-state index < -0.39 is 41.9 Å². The molecular weight excluding hydrogens is 270 g/mol. The summed E-state index contributed by atoms with van der Waals surface area (Å²) in [6, 6.07) is -1.33. The van der Waals surface area contributed by atoms with Crippen LogP contribution in [-0.2, 0) is 19.1 Å². The molecule has 5 N–H and O–H groups in total. The van der Waals surface area contributed by atoms with Gasteiger partial charge in [-0.05, 0) is 13.8 Å². The molecule has 0 aromatic rings. The van der Waals surface area contributed by atoms with Crippen LogP contribution in [0.15, 0.2) is 0 Å². The molecule has 116 valence electrons. The Bertz CT molecular complexity index is 373. The van der Waals surface area contributed by atoms with Gasteiger partial charge >= 0.3 is 11.9 Å². The summed E-state index contributed by atoms with van der Waals surface area (Å²) in [5.41, 5.74) is 3.74. The number of hydrogen-bond acceptors (Lipinski definition) is 6. The van der Waals surface area contributed by atoms with Crippen molar-refractivity contribution >= 4 is 11.9 Å². The number of carboxylic acid groups (broad SMARTS) is 2. The summed E-state index contributed by atoms with van der Waals surface area (Å²) in [5.74, 6) is -2.54. The Morgan fingerprint density at radius 1 is 1.50 bits per heavy atom. The van der Waals surface area contributed by atoms with Crippen molar-refractivity contribution in [3.8, 4) is 0 Å². The molecule has 1 rings (SSSR count). The molecule has 2 unspecified atom stereocenters. The zero-order valence-electron chi connectivity index (χ0n) is 11.5. The quantitative estimate of drug-likeness (QED) is 0.477. The highest BCUT2D eigenvalue weighted by atomic mass is 16.6. The highest BCUT2D eigenvalue weighted by Gasteiger charge is 2.52. The second-order valence-corrected chi connectivity index (χ2v) is 5.20. The monoisotopic (exact) mass is 291 g/mol. The van der Waals surface area contributed by atoms with Crippen LogP contribution in [0, 0.1) is 0 Å². The van der Waals surface area contributed by atoms with Crippen LogP contribution in [-0.4, -0.2) is 63.8 Å². The normalized spacial score (nSPS) is 32.8. The summed E-state index contributed by atoms with van der Waals surface area (Å²) in [6.45, 7) is 3.24. The number of aliphatic carboxylic acids is 2. The molecule has 1 aliphatic rings. The molecule has 1 heterocycles. The summed E-state index contributed by atoms with van der Waals surface area (Å²) < 4.78 is 10.8. The first-order valence-corrected chi connectivity index (χ1v) is 6.37. The molecule has 0 aliphatic carbocycles. The van der Waals surface area contributed by atoms with E-state index in [4.69, 9.17) is 20.3 Å².